The third-order valence-electron chi connectivity index (χ3n) is 2.86. The summed E-state index contributed by atoms with van der Waals surface area (Å²) >= 11 is 0. The zero-order chi connectivity index (χ0) is 15.2. The number of hydrogen-bond donors (Lipinski definition) is 1. The number of carbonyl (C=O) groups is 1. The van der Waals surface area contributed by atoms with Crippen LogP contribution in [0.3, 0.4) is 0 Å². The number of pyridine rings is 1. The van der Waals surface area contributed by atoms with Crippen molar-refractivity contribution in [2.24, 2.45) is 0 Å². The molecule has 0 saturated carbocycles. The number of nitrogens with one attached hydrogen (secondary N) is 1. The number of aromatic nitrogens is 1. The lowest BCUT2D eigenvalue weighted by molar-refractivity contribution is -0.117. The van der Waals surface area contributed by atoms with Gasteiger partial charge in [0.05, 0.1) is 12.2 Å². The fourth-order valence-corrected chi connectivity index (χ4v) is 1.76. The van der Waals surface area contributed by atoms with Crippen LogP contribution in [0.5, 0.6) is 11.5 Å². The smallest absolute Gasteiger partial charge is 0.243 e. The Kier molecular flexibility index (Phi) is 4.66. The summed E-state index contributed by atoms with van der Waals surface area (Å²) in [4.78, 5) is 15.1. The van der Waals surface area contributed by atoms with E-state index in [2.05, 4.69) is 16.9 Å². The molecule has 0 fully saturated rings. The minimum Gasteiger partial charge on any atom is -0.453 e. The second kappa shape index (κ2) is 6.65. The first-order chi connectivity index (χ1) is 10.1. The van der Waals surface area contributed by atoms with Gasteiger partial charge < -0.3 is 10.1 Å². The Morgan fingerprint density at radius 1 is 1.48 bits per heavy atom. The number of amides is 1. The van der Waals surface area contributed by atoms with Crippen LogP contribution in [0.15, 0.2) is 55.4 Å². The normalized spacial score (nSPS) is 11.5. The van der Waals surface area contributed by atoms with Gasteiger partial charge in [-0.3, -0.25) is 9.78 Å². The number of rotatable bonds is 5. The average molecular weight is 286 g/mol. The summed E-state index contributed by atoms with van der Waals surface area (Å²) in [5.41, 5.74) is 0.640. The summed E-state index contributed by atoms with van der Waals surface area (Å²) < 4.78 is 19.4. The van der Waals surface area contributed by atoms with Crippen molar-refractivity contribution in [2.75, 3.05) is 0 Å². The molecule has 1 unspecified atom stereocenters. The Hall–Kier alpha value is -2.69. The third-order valence-corrected chi connectivity index (χ3v) is 2.86. The molecule has 0 spiro atoms. The van der Waals surface area contributed by atoms with Crippen molar-refractivity contribution in [3.05, 3.63) is 66.8 Å². The van der Waals surface area contributed by atoms with E-state index in [-0.39, 0.29) is 17.7 Å². The molecule has 21 heavy (non-hydrogen) atoms. The molecular formula is C16H15FN2O2. The maximum atomic E-state index is 14.0. The average Bonchev–Trinajstić information content (AvgIpc) is 2.50. The van der Waals surface area contributed by atoms with Crippen LogP contribution in [0.4, 0.5) is 4.39 Å². The van der Waals surface area contributed by atoms with Crippen LogP contribution >= 0.6 is 0 Å². The summed E-state index contributed by atoms with van der Waals surface area (Å²) in [6, 6.07) is 7.62. The van der Waals surface area contributed by atoms with Crippen molar-refractivity contribution in [1.82, 2.24) is 10.3 Å². The lowest BCUT2D eigenvalue weighted by Gasteiger charge is -2.14. The van der Waals surface area contributed by atoms with Gasteiger partial charge in [0, 0.05) is 6.20 Å². The predicted octanol–water partition coefficient (Wildman–Crippen LogP) is 3.38. The van der Waals surface area contributed by atoms with E-state index in [4.69, 9.17) is 4.74 Å². The van der Waals surface area contributed by atoms with Crippen molar-refractivity contribution >= 4 is 5.91 Å². The fourth-order valence-electron chi connectivity index (χ4n) is 1.76. The van der Waals surface area contributed by atoms with Gasteiger partial charge in [-0.1, -0.05) is 12.6 Å². The summed E-state index contributed by atoms with van der Waals surface area (Å²) in [6.07, 6.45) is 4.28. The van der Waals surface area contributed by atoms with Crippen LogP contribution < -0.4 is 10.1 Å². The Balaban J connectivity index is 2.14. The van der Waals surface area contributed by atoms with E-state index in [0.717, 1.165) is 0 Å². The Labute approximate surface area is 122 Å². The zero-order valence-corrected chi connectivity index (χ0v) is 11.5. The highest BCUT2D eigenvalue weighted by molar-refractivity contribution is 5.87. The number of carbonyl (C=O) groups excluding carboxylic acids is 1. The molecule has 1 heterocycles. The molecule has 0 aliphatic heterocycles. The number of nitrogens with zero attached hydrogens (tertiary/aromatic N) is 1. The van der Waals surface area contributed by atoms with Gasteiger partial charge in [-0.2, -0.15) is 0 Å². The lowest BCUT2D eigenvalue weighted by atomic mass is 10.1. The van der Waals surface area contributed by atoms with Gasteiger partial charge >= 0.3 is 0 Å². The molecule has 108 valence electrons. The largest absolute Gasteiger partial charge is 0.453 e. The maximum absolute atomic E-state index is 14.0. The second-order valence-electron chi connectivity index (χ2n) is 4.42. The molecule has 1 amide bonds. The van der Waals surface area contributed by atoms with Crippen molar-refractivity contribution in [3.8, 4) is 11.5 Å². The molecule has 1 atom stereocenters. The number of ether oxygens (including phenoxy) is 1. The standard InChI is InChI=1S/C16H15FN2O2/c1-3-16(20)19-11(2)12-6-7-15(14(17)9-12)21-13-5-4-8-18-10-13/h3-11H,1H2,2H3,(H,19,20). The number of halogens is 1. The lowest BCUT2D eigenvalue weighted by Crippen LogP contribution is -2.24. The monoisotopic (exact) mass is 286 g/mol. The molecule has 0 bridgehead atoms. The van der Waals surface area contributed by atoms with Crippen molar-refractivity contribution < 1.29 is 13.9 Å². The Morgan fingerprint density at radius 2 is 2.29 bits per heavy atom. The van der Waals surface area contributed by atoms with Crippen molar-refractivity contribution in [1.29, 1.82) is 0 Å². The summed E-state index contributed by atoms with van der Waals surface area (Å²) in [7, 11) is 0. The predicted molar refractivity (Wildman–Crippen MR) is 77.5 cm³/mol. The van der Waals surface area contributed by atoms with E-state index in [1.165, 1.54) is 24.4 Å². The van der Waals surface area contributed by atoms with Crippen molar-refractivity contribution in [2.45, 2.75) is 13.0 Å². The van der Waals surface area contributed by atoms with Crippen LogP contribution in [0.2, 0.25) is 0 Å². The van der Waals surface area contributed by atoms with Gasteiger partial charge in [0.1, 0.15) is 5.75 Å². The van der Waals surface area contributed by atoms with Crippen LogP contribution in [0, 0.1) is 5.82 Å². The van der Waals surface area contributed by atoms with Gasteiger partial charge in [0.15, 0.2) is 11.6 Å². The molecule has 4 nitrogen and oxygen atoms in total. The highest BCUT2D eigenvalue weighted by atomic mass is 19.1. The maximum Gasteiger partial charge on any atom is 0.243 e. The van der Waals surface area contributed by atoms with E-state index in [1.807, 2.05) is 0 Å². The first kappa shape index (κ1) is 14.7. The van der Waals surface area contributed by atoms with Gasteiger partial charge in [0.25, 0.3) is 0 Å². The number of benzene rings is 1. The molecule has 0 radical (unpaired) electrons. The topological polar surface area (TPSA) is 51.2 Å². The molecular weight excluding hydrogens is 271 g/mol. The summed E-state index contributed by atoms with van der Waals surface area (Å²) in [6.45, 7) is 5.14. The minimum absolute atomic E-state index is 0.106. The molecule has 0 aliphatic rings. The molecule has 2 rings (SSSR count). The highest BCUT2D eigenvalue weighted by Gasteiger charge is 2.11. The molecule has 1 aromatic heterocycles. The SMILES string of the molecule is C=CC(=O)NC(C)c1ccc(Oc2cccnc2)c(F)c1. The molecule has 1 N–H and O–H groups in total. The van der Waals surface area contributed by atoms with Crippen LogP contribution in [0.25, 0.3) is 0 Å². The van der Waals surface area contributed by atoms with Gasteiger partial charge in [-0.25, -0.2) is 4.39 Å². The third kappa shape index (κ3) is 3.89. The van der Waals surface area contributed by atoms with Crippen LogP contribution in [0.1, 0.15) is 18.5 Å². The van der Waals surface area contributed by atoms with E-state index in [9.17, 15) is 9.18 Å². The van der Waals surface area contributed by atoms with E-state index >= 15 is 0 Å². The molecule has 0 saturated heterocycles. The Bertz CT molecular complexity index is 644. The first-order valence-electron chi connectivity index (χ1n) is 6.40. The van der Waals surface area contributed by atoms with E-state index in [1.54, 1.807) is 31.3 Å². The summed E-state index contributed by atoms with van der Waals surface area (Å²) in [5, 5.41) is 2.67. The van der Waals surface area contributed by atoms with Gasteiger partial charge in [-0.15, -0.1) is 0 Å². The molecule has 1 aromatic carbocycles. The summed E-state index contributed by atoms with van der Waals surface area (Å²) in [5.74, 6) is -0.249. The van der Waals surface area contributed by atoms with Crippen LogP contribution in [-0.4, -0.2) is 10.9 Å². The number of hydrogen-bond acceptors (Lipinski definition) is 3. The second-order valence-corrected chi connectivity index (χ2v) is 4.42. The molecule has 0 aliphatic carbocycles. The molecule has 2 aromatic rings. The van der Waals surface area contributed by atoms with E-state index in [0.29, 0.717) is 11.3 Å². The van der Waals surface area contributed by atoms with E-state index < -0.39 is 5.82 Å². The zero-order valence-electron chi connectivity index (χ0n) is 11.5. The fraction of sp³-hybridized carbons (Fsp3) is 0.125. The van der Waals surface area contributed by atoms with Crippen LogP contribution in [-0.2, 0) is 4.79 Å². The van der Waals surface area contributed by atoms with Crippen molar-refractivity contribution in [3.63, 3.8) is 0 Å². The Morgan fingerprint density at radius 3 is 2.90 bits per heavy atom. The highest BCUT2D eigenvalue weighted by Crippen LogP contribution is 2.26. The molecule has 5 heteroatoms. The first-order valence-corrected chi connectivity index (χ1v) is 6.40. The quantitative estimate of drug-likeness (QED) is 0.857. The van der Waals surface area contributed by atoms with Gasteiger partial charge in [0.2, 0.25) is 5.91 Å². The van der Waals surface area contributed by atoms with Gasteiger partial charge in [-0.05, 0) is 42.8 Å². The minimum atomic E-state index is -0.504.